The Labute approximate surface area is 97.3 Å². The summed E-state index contributed by atoms with van der Waals surface area (Å²) < 4.78 is 5.13. The Morgan fingerprint density at radius 3 is 3.06 bits per heavy atom. The standard InChI is InChI=1S/C11H23N3O2/c1-9(16-2)3-4-11(15)14-6-5-13-8-10(14)7-12/h9-10,13H,3-8,12H2,1-2H3. The van der Waals surface area contributed by atoms with Gasteiger partial charge in [-0.2, -0.15) is 0 Å². The van der Waals surface area contributed by atoms with Gasteiger partial charge >= 0.3 is 0 Å². The van der Waals surface area contributed by atoms with Crippen molar-refractivity contribution < 1.29 is 9.53 Å². The molecule has 1 aliphatic rings. The highest BCUT2D eigenvalue weighted by molar-refractivity contribution is 5.76. The molecule has 0 saturated carbocycles. The van der Waals surface area contributed by atoms with Crippen molar-refractivity contribution in [3.8, 4) is 0 Å². The quantitative estimate of drug-likeness (QED) is 0.671. The van der Waals surface area contributed by atoms with Crippen LogP contribution in [0, 0.1) is 0 Å². The van der Waals surface area contributed by atoms with Gasteiger partial charge < -0.3 is 20.7 Å². The maximum absolute atomic E-state index is 12.0. The Morgan fingerprint density at radius 1 is 1.69 bits per heavy atom. The van der Waals surface area contributed by atoms with E-state index >= 15 is 0 Å². The summed E-state index contributed by atoms with van der Waals surface area (Å²) in [6.45, 7) is 4.94. The van der Waals surface area contributed by atoms with Crippen LogP contribution in [0.5, 0.6) is 0 Å². The van der Waals surface area contributed by atoms with E-state index in [9.17, 15) is 4.79 Å². The first-order valence-corrected chi connectivity index (χ1v) is 5.92. The number of rotatable bonds is 5. The predicted octanol–water partition coefficient (Wildman–Crippen LogP) is -0.439. The summed E-state index contributed by atoms with van der Waals surface area (Å²) in [6.07, 6.45) is 1.46. The lowest BCUT2D eigenvalue weighted by molar-refractivity contribution is -0.134. The third-order valence-electron chi connectivity index (χ3n) is 3.11. The van der Waals surface area contributed by atoms with Gasteiger partial charge in [0.15, 0.2) is 0 Å². The molecule has 0 spiro atoms. The monoisotopic (exact) mass is 229 g/mol. The molecular formula is C11H23N3O2. The average Bonchev–Trinajstić information content (AvgIpc) is 2.35. The normalized spacial score (nSPS) is 23.2. The minimum atomic E-state index is 0.142. The number of nitrogens with zero attached hydrogens (tertiary/aromatic N) is 1. The van der Waals surface area contributed by atoms with Crippen molar-refractivity contribution in [2.24, 2.45) is 5.73 Å². The van der Waals surface area contributed by atoms with Crippen LogP contribution in [0.25, 0.3) is 0 Å². The van der Waals surface area contributed by atoms with Crippen molar-refractivity contribution in [2.75, 3.05) is 33.3 Å². The maximum Gasteiger partial charge on any atom is 0.223 e. The average molecular weight is 229 g/mol. The van der Waals surface area contributed by atoms with E-state index in [2.05, 4.69) is 5.32 Å². The zero-order valence-corrected chi connectivity index (χ0v) is 10.2. The lowest BCUT2D eigenvalue weighted by atomic mass is 10.1. The van der Waals surface area contributed by atoms with Crippen molar-refractivity contribution >= 4 is 5.91 Å². The second kappa shape index (κ2) is 6.83. The molecule has 0 aromatic rings. The maximum atomic E-state index is 12.0. The van der Waals surface area contributed by atoms with E-state index in [0.717, 1.165) is 26.1 Å². The van der Waals surface area contributed by atoms with Gasteiger partial charge in [-0.3, -0.25) is 4.79 Å². The van der Waals surface area contributed by atoms with Gasteiger partial charge in [0.25, 0.3) is 0 Å². The van der Waals surface area contributed by atoms with Crippen LogP contribution in [0.3, 0.4) is 0 Å². The van der Waals surface area contributed by atoms with Gasteiger partial charge in [0.05, 0.1) is 12.1 Å². The first kappa shape index (κ1) is 13.4. The van der Waals surface area contributed by atoms with Crippen LogP contribution in [0.4, 0.5) is 0 Å². The summed E-state index contributed by atoms with van der Waals surface area (Å²) in [6, 6.07) is 0.152. The summed E-state index contributed by atoms with van der Waals surface area (Å²) in [7, 11) is 1.67. The molecule has 3 N–H and O–H groups in total. The zero-order valence-electron chi connectivity index (χ0n) is 10.2. The van der Waals surface area contributed by atoms with Gasteiger partial charge in [0.2, 0.25) is 5.91 Å². The molecule has 94 valence electrons. The molecule has 1 aliphatic heterocycles. The van der Waals surface area contributed by atoms with E-state index in [1.807, 2.05) is 11.8 Å². The molecule has 1 rings (SSSR count). The predicted molar refractivity (Wildman–Crippen MR) is 63.1 cm³/mol. The molecule has 0 bridgehead atoms. The van der Waals surface area contributed by atoms with Gasteiger partial charge in [-0.05, 0) is 13.3 Å². The number of methoxy groups -OCH3 is 1. The van der Waals surface area contributed by atoms with Crippen molar-refractivity contribution in [3.63, 3.8) is 0 Å². The molecule has 0 aromatic heterocycles. The van der Waals surface area contributed by atoms with E-state index in [4.69, 9.17) is 10.5 Å². The fourth-order valence-electron chi connectivity index (χ4n) is 1.89. The highest BCUT2D eigenvalue weighted by atomic mass is 16.5. The van der Waals surface area contributed by atoms with Crippen LogP contribution in [-0.2, 0) is 9.53 Å². The van der Waals surface area contributed by atoms with Gasteiger partial charge in [0.1, 0.15) is 0 Å². The number of carbonyl (C=O) groups excluding carboxylic acids is 1. The van der Waals surface area contributed by atoms with E-state index in [1.54, 1.807) is 7.11 Å². The van der Waals surface area contributed by atoms with Gasteiger partial charge in [-0.25, -0.2) is 0 Å². The summed E-state index contributed by atoms with van der Waals surface area (Å²) in [5.74, 6) is 0.195. The number of piperazine rings is 1. The van der Waals surface area contributed by atoms with Crippen molar-refractivity contribution in [1.29, 1.82) is 0 Å². The van der Waals surface area contributed by atoms with E-state index in [-0.39, 0.29) is 18.1 Å². The Hall–Kier alpha value is -0.650. The molecule has 1 fully saturated rings. The second-order valence-corrected chi connectivity index (χ2v) is 4.27. The summed E-state index contributed by atoms with van der Waals surface area (Å²) in [5, 5.41) is 3.25. The van der Waals surface area contributed by atoms with Gasteiger partial charge in [-0.15, -0.1) is 0 Å². The van der Waals surface area contributed by atoms with Crippen LogP contribution < -0.4 is 11.1 Å². The highest BCUT2D eigenvalue weighted by Crippen LogP contribution is 2.08. The molecular weight excluding hydrogens is 206 g/mol. The van der Waals surface area contributed by atoms with Crippen LogP contribution in [0.1, 0.15) is 19.8 Å². The first-order valence-electron chi connectivity index (χ1n) is 5.92. The SMILES string of the molecule is COC(C)CCC(=O)N1CCNCC1CN. The Balaban J connectivity index is 2.38. The summed E-state index contributed by atoms with van der Waals surface area (Å²) in [5.41, 5.74) is 5.65. The number of hydrogen-bond donors (Lipinski definition) is 2. The van der Waals surface area contributed by atoms with E-state index in [1.165, 1.54) is 0 Å². The molecule has 0 aliphatic carbocycles. The highest BCUT2D eigenvalue weighted by Gasteiger charge is 2.25. The summed E-state index contributed by atoms with van der Waals surface area (Å²) in [4.78, 5) is 13.9. The van der Waals surface area contributed by atoms with Gasteiger partial charge in [-0.1, -0.05) is 0 Å². The topological polar surface area (TPSA) is 67.6 Å². The number of amides is 1. The number of nitrogens with two attached hydrogens (primary N) is 1. The first-order chi connectivity index (χ1) is 7.69. The lowest BCUT2D eigenvalue weighted by Gasteiger charge is -2.35. The fourth-order valence-corrected chi connectivity index (χ4v) is 1.89. The molecule has 1 amide bonds. The van der Waals surface area contributed by atoms with Crippen LogP contribution in [0.2, 0.25) is 0 Å². The molecule has 0 aromatic carbocycles. The molecule has 1 saturated heterocycles. The molecule has 1 heterocycles. The zero-order chi connectivity index (χ0) is 12.0. The third kappa shape index (κ3) is 3.73. The number of ether oxygens (including phenoxy) is 1. The summed E-state index contributed by atoms with van der Waals surface area (Å²) >= 11 is 0. The van der Waals surface area contributed by atoms with Crippen molar-refractivity contribution in [2.45, 2.75) is 31.9 Å². The Bertz CT molecular complexity index is 223. The van der Waals surface area contributed by atoms with Gasteiger partial charge in [0, 0.05) is 39.7 Å². The minimum Gasteiger partial charge on any atom is -0.382 e. The second-order valence-electron chi connectivity index (χ2n) is 4.27. The lowest BCUT2D eigenvalue weighted by Crippen LogP contribution is -2.56. The molecule has 5 nitrogen and oxygen atoms in total. The van der Waals surface area contributed by atoms with Crippen LogP contribution in [0.15, 0.2) is 0 Å². The van der Waals surface area contributed by atoms with E-state index < -0.39 is 0 Å². The number of carbonyl (C=O) groups is 1. The minimum absolute atomic E-state index is 0.142. The fraction of sp³-hybridized carbons (Fsp3) is 0.909. The molecule has 2 unspecified atom stereocenters. The Kier molecular flexibility index (Phi) is 5.73. The molecule has 5 heteroatoms. The number of nitrogens with one attached hydrogen (secondary N) is 1. The van der Waals surface area contributed by atoms with Crippen LogP contribution in [-0.4, -0.2) is 56.2 Å². The van der Waals surface area contributed by atoms with Crippen molar-refractivity contribution in [3.05, 3.63) is 0 Å². The van der Waals surface area contributed by atoms with Crippen molar-refractivity contribution in [1.82, 2.24) is 10.2 Å². The largest absolute Gasteiger partial charge is 0.382 e. The smallest absolute Gasteiger partial charge is 0.223 e. The third-order valence-corrected chi connectivity index (χ3v) is 3.11. The molecule has 0 radical (unpaired) electrons. The number of hydrogen-bond acceptors (Lipinski definition) is 4. The Morgan fingerprint density at radius 2 is 2.44 bits per heavy atom. The molecule has 2 atom stereocenters. The molecule has 16 heavy (non-hydrogen) atoms. The van der Waals surface area contributed by atoms with Crippen LogP contribution >= 0.6 is 0 Å². The van der Waals surface area contributed by atoms with E-state index in [0.29, 0.717) is 13.0 Å².